The summed E-state index contributed by atoms with van der Waals surface area (Å²) >= 11 is 0. The van der Waals surface area contributed by atoms with E-state index in [9.17, 15) is 19.2 Å². The second-order valence-corrected chi connectivity index (χ2v) is 4.62. The predicted molar refractivity (Wildman–Crippen MR) is 87.8 cm³/mol. The highest BCUT2D eigenvalue weighted by Crippen LogP contribution is 1.94. The fourth-order valence-corrected chi connectivity index (χ4v) is 0.910. The lowest BCUT2D eigenvalue weighted by Crippen LogP contribution is -2.05. The third-order valence-electron chi connectivity index (χ3n) is 2.17. The first-order chi connectivity index (χ1) is 11.1. The maximum Gasteiger partial charge on any atom is 0.338 e. The Bertz CT molecular complexity index is 499. The average molecular weight is 340 g/mol. The van der Waals surface area contributed by atoms with Crippen molar-refractivity contribution >= 4 is 23.9 Å². The summed E-state index contributed by atoms with van der Waals surface area (Å²) < 4.78 is 13.1. The van der Waals surface area contributed by atoms with Gasteiger partial charge in [-0.1, -0.05) is 26.5 Å². The molecule has 1 rings (SSSR count). The number of carbonyl (C=O) groups excluding carboxylic acids is 4. The quantitative estimate of drug-likeness (QED) is 0.249. The van der Waals surface area contributed by atoms with Crippen LogP contribution in [-0.2, 0) is 33.4 Å². The van der Waals surface area contributed by atoms with Crippen LogP contribution in [0.3, 0.4) is 0 Å². The molecule has 0 atom stereocenters. The molecular formula is C17H24O7. The van der Waals surface area contributed by atoms with Gasteiger partial charge in [-0.15, -0.1) is 0 Å². The summed E-state index contributed by atoms with van der Waals surface area (Å²) in [5.74, 6) is -1.79. The minimum absolute atomic E-state index is 0.284. The molecule has 0 saturated heterocycles. The maximum absolute atomic E-state index is 10.7. The number of hydrogen-bond acceptors (Lipinski definition) is 7. The molecule has 134 valence electrons. The Kier molecular flexibility index (Phi) is 13.7. The lowest BCUT2D eigenvalue weighted by atomic mass is 10.3. The van der Waals surface area contributed by atoms with E-state index >= 15 is 0 Å². The van der Waals surface area contributed by atoms with Crippen LogP contribution in [-0.4, -0.2) is 37.6 Å². The van der Waals surface area contributed by atoms with E-state index in [0.29, 0.717) is 17.8 Å². The highest BCUT2D eigenvalue weighted by molar-refractivity contribution is 6.04. The largest absolute Gasteiger partial charge is 0.466 e. The minimum atomic E-state index is -0.579. The van der Waals surface area contributed by atoms with Crippen LogP contribution in [0.25, 0.3) is 0 Å². The summed E-state index contributed by atoms with van der Waals surface area (Å²) in [5.41, 5.74) is 0.901. The number of unbranched alkanes of at least 4 members (excludes halogenated alkanes) is 1. The molecule has 0 N–H and O–H groups in total. The van der Waals surface area contributed by atoms with E-state index in [-0.39, 0.29) is 11.9 Å². The van der Waals surface area contributed by atoms with Crippen LogP contribution in [0.1, 0.15) is 33.6 Å². The number of cyclic esters (lactones) is 2. The molecule has 1 heterocycles. The van der Waals surface area contributed by atoms with E-state index in [0.717, 1.165) is 25.0 Å². The molecule has 0 amide bonds. The first-order valence-electron chi connectivity index (χ1n) is 7.15. The number of carbonyl (C=O) groups is 4. The van der Waals surface area contributed by atoms with Crippen molar-refractivity contribution in [2.45, 2.75) is 33.6 Å². The first-order valence-corrected chi connectivity index (χ1v) is 7.15. The molecule has 0 unspecified atom stereocenters. The molecule has 24 heavy (non-hydrogen) atoms. The summed E-state index contributed by atoms with van der Waals surface area (Å²) in [6, 6.07) is 0. The van der Waals surface area contributed by atoms with Crippen molar-refractivity contribution in [2.24, 2.45) is 0 Å². The summed E-state index contributed by atoms with van der Waals surface area (Å²) in [6.45, 7) is 12.6. The molecule has 1 aliphatic rings. The van der Waals surface area contributed by atoms with Crippen molar-refractivity contribution in [3.05, 3.63) is 36.5 Å². The van der Waals surface area contributed by atoms with Gasteiger partial charge < -0.3 is 14.2 Å². The third kappa shape index (κ3) is 14.2. The van der Waals surface area contributed by atoms with Crippen LogP contribution in [0, 0.1) is 0 Å². The normalized spacial score (nSPS) is 11.2. The smallest absolute Gasteiger partial charge is 0.338 e. The van der Waals surface area contributed by atoms with Crippen molar-refractivity contribution in [3.8, 4) is 0 Å². The van der Waals surface area contributed by atoms with E-state index in [1.807, 2.05) is 0 Å². The van der Waals surface area contributed by atoms with Crippen molar-refractivity contribution in [2.75, 3.05) is 13.7 Å². The maximum atomic E-state index is 10.7. The van der Waals surface area contributed by atoms with E-state index < -0.39 is 11.9 Å². The van der Waals surface area contributed by atoms with Gasteiger partial charge in [-0.3, -0.25) is 0 Å². The Hall–Kier alpha value is -2.70. The summed E-state index contributed by atoms with van der Waals surface area (Å²) in [5, 5.41) is 0. The Labute approximate surface area is 142 Å². The molecule has 0 aromatic carbocycles. The average Bonchev–Trinajstić information content (AvgIpc) is 2.90. The molecule has 0 aliphatic carbocycles. The van der Waals surface area contributed by atoms with E-state index in [1.54, 1.807) is 13.8 Å². The monoisotopic (exact) mass is 340 g/mol. The Morgan fingerprint density at radius 1 is 1.04 bits per heavy atom. The van der Waals surface area contributed by atoms with Crippen LogP contribution in [0.4, 0.5) is 0 Å². The molecule has 0 aromatic rings. The highest BCUT2D eigenvalue weighted by atomic mass is 16.6. The summed E-state index contributed by atoms with van der Waals surface area (Å²) in [6.07, 6.45) is 4.15. The molecule has 0 spiro atoms. The van der Waals surface area contributed by atoms with Crippen molar-refractivity contribution in [1.82, 2.24) is 0 Å². The van der Waals surface area contributed by atoms with Gasteiger partial charge in [-0.05, 0) is 20.3 Å². The molecule has 0 aromatic heterocycles. The van der Waals surface area contributed by atoms with Crippen molar-refractivity contribution in [1.29, 1.82) is 0 Å². The zero-order valence-corrected chi connectivity index (χ0v) is 14.5. The van der Waals surface area contributed by atoms with Gasteiger partial charge in [0.15, 0.2) is 0 Å². The topological polar surface area (TPSA) is 96.0 Å². The first kappa shape index (κ1) is 23.6. The van der Waals surface area contributed by atoms with Crippen LogP contribution in [0.5, 0.6) is 0 Å². The fraction of sp³-hybridized carbons (Fsp3) is 0.412. The minimum Gasteiger partial charge on any atom is -0.466 e. The molecule has 0 saturated carbocycles. The number of hydrogen-bond donors (Lipinski definition) is 0. The number of rotatable bonds is 5. The lowest BCUT2D eigenvalue weighted by Gasteiger charge is -2.01. The van der Waals surface area contributed by atoms with E-state index in [2.05, 4.69) is 29.6 Å². The van der Waals surface area contributed by atoms with Gasteiger partial charge in [-0.25, -0.2) is 19.2 Å². The van der Waals surface area contributed by atoms with Crippen LogP contribution >= 0.6 is 0 Å². The number of ether oxygens (including phenoxy) is 3. The van der Waals surface area contributed by atoms with Gasteiger partial charge >= 0.3 is 23.9 Å². The van der Waals surface area contributed by atoms with Crippen LogP contribution in [0.2, 0.25) is 0 Å². The second kappa shape index (κ2) is 13.9. The molecule has 0 radical (unpaired) electrons. The van der Waals surface area contributed by atoms with Gasteiger partial charge in [0.25, 0.3) is 0 Å². The van der Waals surface area contributed by atoms with Gasteiger partial charge in [0.1, 0.15) is 0 Å². The molecular weight excluding hydrogens is 316 g/mol. The zero-order valence-electron chi connectivity index (χ0n) is 14.5. The van der Waals surface area contributed by atoms with Gasteiger partial charge in [0, 0.05) is 23.3 Å². The zero-order chi connectivity index (χ0) is 19.1. The molecule has 7 heteroatoms. The van der Waals surface area contributed by atoms with Crippen LogP contribution < -0.4 is 0 Å². The number of esters is 4. The summed E-state index contributed by atoms with van der Waals surface area (Å²) in [4.78, 5) is 40.7. The van der Waals surface area contributed by atoms with Gasteiger partial charge in [0.05, 0.1) is 13.7 Å². The molecule has 0 fully saturated rings. The van der Waals surface area contributed by atoms with Crippen LogP contribution in [0.15, 0.2) is 36.5 Å². The van der Waals surface area contributed by atoms with E-state index in [1.165, 1.54) is 7.11 Å². The fourth-order valence-electron chi connectivity index (χ4n) is 0.910. The van der Waals surface area contributed by atoms with Gasteiger partial charge in [-0.2, -0.15) is 0 Å². The second-order valence-electron chi connectivity index (χ2n) is 4.62. The Morgan fingerprint density at radius 3 is 1.71 bits per heavy atom. The lowest BCUT2D eigenvalue weighted by molar-refractivity contribution is -0.150. The Morgan fingerprint density at radius 2 is 1.50 bits per heavy atom. The van der Waals surface area contributed by atoms with Crippen molar-refractivity contribution < 1.29 is 33.4 Å². The van der Waals surface area contributed by atoms with Crippen molar-refractivity contribution in [3.63, 3.8) is 0 Å². The molecule has 1 aliphatic heterocycles. The third-order valence-corrected chi connectivity index (χ3v) is 2.17. The SMILES string of the molecule is C=C(C)C(=O)OC.C=C(C)C(=O)OCCCC.O=C1C=CC(=O)O1. The predicted octanol–water partition coefficient (Wildman–Crippen LogP) is 2.27. The standard InChI is InChI=1S/C8H14O2.C5H8O2.C4H2O3/c1-4-5-6-10-8(9)7(2)3;1-4(2)5(6)7-3;5-3-1-2-4(6)7-3/h2,4-6H2,1,3H3;1H2,2-3H3;1-2H. The summed E-state index contributed by atoms with van der Waals surface area (Å²) in [7, 11) is 1.33. The molecule has 7 nitrogen and oxygen atoms in total. The highest BCUT2D eigenvalue weighted by Gasteiger charge is 2.10. The van der Waals surface area contributed by atoms with Gasteiger partial charge in [0.2, 0.25) is 0 Å². The Balaban J connectivity index is 0. The number of methoxy groups -OCH3 is 1. The molecule has 0 bridgehead atoms. The van der Waals surface area contributed by atoms with E-state index in [4.69, 9.17) is 4.74 Å².